The zero-order chi connectivity index (χ0) is 15.4. The molecule has 0 saturated carbocycles. The van der Waals surface area contributed by atoms with Gasteiger partial charge >= 0.3 is 0 Å². The monoisotopic (exact) mass is 298 g/mol. The summed E-state index contributed by atoms with van der Waals surface area (Å²) in [6, 6.07) is 6.88. The van der Waals surface area contributed by atoms with Gasteiger partial charge in [-0.2, -0.15) is 0 Å². The van der Waals surface area contributed by atoms with Crippen LogP contribution in [0, 0.1) is 5.41 Å². The van der Waals surface area contributed by atoms with E-state index in [0.29, 0.717) is 11.4 Å². The Bertz CT molecular complexity index is 516. The minimum Gasteiger partial charge on any atom is -0.330 e. The van der Waals surface area contributed by atoms with Crippen molar-refractivity contribution in [2.75, 3.05) is 6.54 Å². The van der Waals surface area contributed by atoms with Gasteiger partial charge in [0.2, 0.25) is 10.0 Å². The van der Waals surface area contributed by atoms with Crippen molar-refractivity contribution in [3.8, 4) is 0 Å². The fourth-order valence-corrected chi connectivity index (χ4v) is 3.07. The number of rotatable bonds is 6. The molecule has 1 aromatic carbocycles. The van der Waals surface area contributed by atoms with Crippen LogP contribution in [0.25, 0.3) is 0 Å². The first-order chi connectivity index (χ1) is 9.16. The highest BCUT2D eigenvalue weighted by atomic mass is 32.2. The molecule has 20 heavy (non-hydrogen) atoms. The number of sulfonamides is 1. The van der Waals surface area contributed by atoms with Crippen LogP contribution in [0.5, 0.6) is 0 Å². The van der Waals surface area contributed by atoms with Gasteiger partial charge in [0.05, 0.1) is 4.90 Å². The zero-order valence-corrected chi connectivity index (χ0v) is 13.6. The summed E-state index contributed by atoms with van der Waals surface area (Å²) < 4.78 is 27.3. The zero-order valence-electron chi connectivity index (χ0n) is 12.8. The minimum atomic E-state index is -3.45. The van der Waals surface area contributed by atoms with Crippen LogP contribution in [0.1, 0.15) is 39.7 Å². The molecule has 114 valence electrons. The van der Waals surface area contributed by atoms with Crippen LogP contribution in [0.3, 0.4) is 0 Å². The lowest BCUT2D eigenvalue weighted by Gasteiger charge is -2.27. The summed E-state index contributed by atoms with van der Waals surface area (Å²) in [5, 5.41) is 0. The van der Waals surface area contributed by atoms with Gasteiger partial charge in [0, 0.05) is 6.04 Å². The number of nitrogens with one attached hydrogen (secondary N) is 1. The molecule has 0 aliphatic heterocycles. The molecule has 0 aliphatic rings. The van der Waals surface area contributed by atoms with E-state index < -0.39 is 10.0 Å². The summed E-state index contributed by atoms with van der Waals surface area (Å²) in [7, 11) is -3.45. The third-order valence-corrected chi connectivity index (χ3v) is 5.09. The van der Waals surface area contributed by atoms with Gasteiger partial charge in [0.15, 0.2) is 0 Å². The number of nitrogens with two attached hydrogens (primary N) is 1. The van der Waals surface area contributed by atoms with E-state index in [0.717, 1.165) is 18.4 Å². The van der Waals surface area contributed by atoms with Gasteiger partial charge < -0.3 is 5.73 Å². The Balaban J connectivity index is 2.83. The fourth-order valence-electron chi connectivity index (χ4n) is 1.62. The van der Waals surface area contributed by atoms with E-state index in [4.69, 9.17) is 5.73 Å². The van der Waals surface area contributed by atoms with Crippen LogP contribution in [0.4, 0.5) is 0 Å². The maximum absolute atomic E-state index is 12.3. The van der Waals surface area contributed by atoms with Crippen molar-refractivity contribution in [3.05, 3.63) is 29.8 Å². The van der Waals surface area contributed by atoms with Crippen molar-refractivity contribution < 1.29 is 8.42 Å². The highest BCUT2D eigenvalue weighted by Gasteiger charge is 2.25. The third kappa shape index (κ3) is 4.89. The predicted molar refractivity (Wildman–Crippen MR) is 83.1 cm³/mol. The Morgan fingerprint density at radius 2 is 1.75 bits per heavy atom. The molecule has 0 spiro atoms. The lowest BCUT2D eigenvalue weighted by atomic mass is 9.89. The first kappa shape index (κ1) is 17.1. The van der Waals surface area contributed by atoms with Crippen molar-refractivity contribution in [2.24, 2.45) is 11.1 Å². The molecular formula is C15H26N2O2S. The molecule has 4 nitrogen and oxygen atoms in total. The molecule has 1 rings (SSSR count). The SMILES string of the molecule is CC(NS(=O)(=O)c1ccc(CCCN)cc1)C(C)(C)C. The van der Waals surface area contributed by atoms with Gasteiger partial charge in [-0.1, -0.05) is 32.9 Å². The van der Waals surface area contributed by atoms with E-state index in [2.05, 4.69) is 4.72 Å². The second-order valence-electron chi connectivity index (χ2n) is 6.25. The Kier molecular flexibility index (Phi) is 5.74. The van der Waals surface area contributed by atoms with Crippen molar-refractivity contribution in [2.45, 2.75) is 51.5 Å². The van der Waals surface area contributed by atoms with E-state index in [-0.39, 0.29) is 11.5 Å². The predicted octanol–water partition coefficient (Wildman–Crippen LogP) is 2.29. The summed E-state index contributed by atoms with van der Waals surface area (Å²) in [6.07, 6.45) is 1.79. The van der Waals surface area contributed by atoms with Crippen molar-refractivity contribution in [1.82, 2.24) is 4.72 Å². The smallest absolute Gasteiger partial charge is 0.240 e. The molecule has 0 aliphatic carbocycles. The Labute approximate surface area is 122 Å². The van der Waals surface area contributed by atoms with Crippen molar-refractivity contribution in [1.29, 1.82) is 0 Å². The van der Waals surface area contributed by atoms with Gasteiger partial charge in [-0.3, -0.25) is 0 Å². The fraction of sp³-hybridized carbons (Fsp3) is 0.600. The average Bonchev–Trinajstić information content (AvgIpc) is 2.35. The van der Waals surface area contributed by atoms with E-state index in [9.17, 15) is 8.42 Å². The van der Waals surface area contributed by atoms with Crippen LogP contribution < -0.4 is 10.5 Å². The summed E-state index contributed by atoms with van der Waals surface area (Å²) in [5.41, 5.74) is 6.46. The van der Waals surface area contributed by atoms with E-state index in [1.165, 1.54) is 0 Å². The van der Waals surface area contributed by atoms with Gasteiger partial charge in [-0.15, -0.1) is 0 Å². The van der Waals surface area contributed by atoms with Crippen LogP contribution in [-0.2, 0) is 16.4 Å². The number of hydrogen-bond acceptors (Lipinski definition) is 3. The number of aryl methyl sites for hydroxylation is 1. The highest BCUT2D eigenvalue weighted by Crippen LogP contribution is 2.21. The second-order valence-corrected chi connectivity index (χ2v) is 7.96. The summed E-state index contributed by atoms with van der Waals surface area (Å²) in [4.78, 5) is 0.310. The highest BCUT2D eigenvalue weighted by molar-refractivity contribution is 7.89. The largest absolute Gasteiger partial charge is 0.330 e. The second kappa shape index (κ2) is 6.70. The first-order valence-electron chi connectivity index (χ1n) is 6.98. The third-order valence-electron chi connectivity index (χ3n) is 3.53. The molecule has 0 amide bonds. The average molecular weight is 298 g/mol. The van der Waals surface area contributed by atoms with Crippen molar-refractivity contribution >= 4 is 10.0 Å². The molecule has 0 radical (unpaired) electrons. The Hall–Kier alpha value is -0.910. The number of hydrogen-bond donors (Lipinski definition) is 2. The quantitative estimate of drug-likeness (QED) is 0.846. The minimum absolute atomic E-state index is 0.117. The van der Waals surface area contributed by atoms with E-state index >= 15 is 0 Å². The van der Waals surface area contributed by atoms with E-state index in [1.807, 2.05) is 39.8 Å². The first-order valence-corrected chi connectivity index (χ1v) is 8.46. The molecule has 1 atom stereocenters. The van der Waals surface area contributed by atoms with Crippen molar-refractivity contribution in [3.63, 3.8) is 0 Å². The van der Waals surface area contributed by atoms with Gasteiger partial charge in [0.25, 0.3) is 0 Å². The lowest BCUT2D eigenvalue weighted by molar-refractivity contribution is 0.317. The van der Waals surface area contributed by atoms with Crippen LogP contribution >= 0.6 is 0 Å². The van der Waals surface area contributed by atoms with Crippen LogP contribution in [-0.4, -0.2) is 21.0 Å². The molecule has 1 aromatic rings. The summed E-state index contributed by atoms with van der Waals surface area (Å²) in [6.45, 7) is 8.56. The summed E-state index contributed by atoms with van der Waals surface area (Å²) >= 11 is 0. The van der Waals surface area contributed by atoms with Crippen LogP contribution in [0.2, 0.25) is 0 Å². The van der Waals surface area contributed by atoms with Gasteiger partial charge in [0.1, 0.15) is 0 Å². The standard InChI is InChI=1S/C15H26N2O2S/c1-12(15(2,3)4)17-20(18,19)14-9-7-13(8-10-14)6-5-11-16/h7-10,12,17H,5-6,11,16H2,1-4H3. The number of benzene rings is 1. The molecule has 1 unspecified atom stereocenters. The van der Waals surface area contributed by atoms with Crippen LogP contribution in [0.15, 0.2) is 29.2 Å². The molecule has 0 fully saturated rings. The van der Waals surface area contributed by atoms with E-state index in [1.54, 1.807) is 12.1 Å². The van der Waals surface area contributed by atoms with Gasteiger partial charge in [-0.05, 0) is 49.4 Å². The molecule has 5 heteroatoms. The van der Waals surface area contributed by atoms with Gasteiger partial charge in [-0.25, -0.2) is 13.1 Å². The molecule has 0 saturated heterocycles. The Morgan fingerprint density at radius 3 is 2.20 bits per heavy atom. The Morgan fingerprint density at radius 1 is 1.20 bits per heavy atom. The molecule has 0 heterocycles. The maximum atomic E-state index is 12.3. The maximum Gasteiger partial charge on any atom is 0.240 e. The lowest BCUT2D eigenvalue weighted by Crippen LogP contribution is -2.41. The topological polar surface area (TPSA) is 72.2 Å². The molecular weight excluding hydrogens is 272 g/mol. The normalized spacial score (nSPS) is 14.2. The summed E-state index contributed by atoms with van der Waals surface area (Å²) in [5.74, 6) is 0. The molecule has 3 N–H and O–H groups in total. The molecule has 0 aromatic heterocycles. The molecule has 0 bridgehead atoms.